The number of amides is 1. The van der Waals surface area contributed by atoms with Crippen LogP contribution < -0.4 is 4.74 Å². The summed E-state index contributed by atoms with van der Waals surface area (Å²) in [6.07, 6.45) is 3.66. The molecule has 1 aromatic carbocycles. The second-order valence-corrected chi connectivity index (χ2v) is 6.96. The second kappa shape index (κ2) is 8.40. The summed E-state index contributed by atoms with van der Waals surface area (Å²) in [5, 5.41) is 11.1. The average Bonchev–Trinajstić information content (AvgIpc) is 3.42. The minimum absolute atomic E-state index is 0.132. The van der Waals surface area contributed by atoms with Crippen molar-refractivity contribution in [2.75, 3.05) is 20.3 Å². The highest BCUT2D eigenvalue weighted by Gasteiger charge is 2.31. The Morgan fingerprint density at radius 3 is 2.70 bits per heavy atom. The lowest BCUT2D eigenvalue weighted by Gasteiger charge is -2.27. The third-order valence-corrected chi connectivity index (χ3v) is 5.13. The number of H-pyrrole nitrogens is 1. The Kier molecular flexibility index (Phi) is 5.51. The van der Waals surface area contributed by atoms with Gasteiger partial charge in [-0.3, -0.25) is 14.6 Å². The minimum Gasteiger partial charge on any atom is -0.497 e. The summed E-state index contributed by atoms with van der Waals surface area (Å²) in [5.74, 6) is 0.175. The number of nitrogens with one attached hydrogen (secondary N) is 1. The van der Waals surface area contributed by atoms with Crippen LogP contribution in [0, 0.1) is 0 Å². The topological polar surface area (TPSA) is 102 Å². The molecule has 30 heavy (non-hydrogen) atoms. The van der Waals surface area contributed by atoms with Crippen LogP contribution in [0.25, 0.3) is 0 Å². The number of ether oxygens (including phenoxy) is 2. The summed E-state index contributed by atoms with van der Waals surface area (Å²) in [4.78, 5) is 27.0. The van der Waals surface area contributed by atoms with Crippen molar-refractivity contribution < 1.29 is 19.1 Å². The van der Waals surface area contributed by atoms with Gasteiger partial charge in [0.2, 0.25) is 0 Å². The number of hydrogen-bond acceptors (Lipinski definition) is 6. The first kappa shape index (κ1) is 19.7. The van der Waals surface area contributed by atoms with Gasteiger partial charge in [-0.2, -0.15) is 10.2 Å². The van der Waals surface area contributed by atoms with Crippen LogP contribution in [0.1, 0.15) is 44.6 Å². The fraction of sp³-hybridized carbons (Fsp3) is 0.333. The number of benzene rings is 1. The number of esters is 1. The average molecular weight is 409 g/mol. The third-order valence-electron chi connectivity index (χ3n) is 5.13. The summed E-state index contributed by atoms with van der Waals surface area (Å²) < 4.78 is 12.3. The summed E-state index contributed by atoms with van der Waals surface area (Å²) >= 11 is 0. The zero-order valence-electron chi connectivity index (χ0n) is 16.9. The van der Waals surface area contributed by atoms with Crippen LogP contribution in [-0.4, -0.2) is 57.0 Å². The molecule has 0 saturated carbocycles. The smallest absolute Gasteiger partial charge is 0.359 e. The quantitative estimate of drug-likeness (QED) is 0.625. The Morgan fingerprint density at radius 1 is 1.23 bits per heavy atom. The third kappa shape index (κ3) is 3.78. The van der Waals surface area contributed by atoms with Crippen LogP contribution in [0.15, 0.2) is 36.7 Å². The van der Waals surface area contributed by atoms with Crippen LogP contribution in [0.3, 0.4) is 0 Å². The van der Waals surface area contributed by atoms with Gasteiger partial charge in [0.05, 0.1) is 38.6 Å². The first-order valence-electron chi connectivity index (χ1n) is 9.77. The lowest BCUT2D eigenvalue weighted by Crippen LogP contribution is -2.36. The summed E-state index contributed by atoms with van der Waals surface area (Å²) in [6.45, 7) is 3.37. The summed E-state index contributed by atoms with van der Waals surface area (Å²) in [5.41, 5.74) is 3.48. The Morgan fingerprint density at radius 2 is 2.03 bits per heavy atom. The van der Waals surface area contributed by atoms with E-state index in [1.165, 1.54) is 6.20 Å². The van der Waals surface area contributed by atoms with E-state index >= 15 is 0 Å². The number of aromatic nitrogens is 4. The normalized spacial score (nSPS) is 13.1. The number of methoxy groups -OCH3 is 1. The molecule has 9 heteroatoms. The maximum atomic E-state index is 12.7. The fourth-order valence-corrected chi connectivity index (χ4v) is 3.61. The fourth-order valence-electron chi connectivity index (χ4n) is 3.61. The van der Waals surface area contributed by atoms with E-state index in [1.54, 1.807) is 25.1 Å². The van der Waals surface area contributed by atoms with Gasteiger partial charge < -0.3 is 14.4 Å². The van der Waals surface area contributed by atoms with Gasteiger partial charge in [0.25, 0.3) is 5.91 Å². The molecular weight excluding hydrogens is 386 g/mol. The number of carbonyl (C=O) groups excluding carboxylic acids is 2. The van der Waals surface area contributed by atoms with Crippen molar-refractivity contribution in [1.29, 1.82) is 0 Å². The molecule has 1 amide bonds. The predicted molar refractivity (Wildman–Crippen MR) is 107 cm³/mol. The highest BCUT2D eigenvalue weighted by atomic mass is 16.5. The first-order valence-corrected chi connectivity index (χ1v) is 9.77. The second-order valence-electron chi connectivity index (χ2n) is 6.96. The molecule has 4 rings (SSSR count). The van der Waals surface area contributed by atoms with Gasteiger partial charge >= 0.3 is 5.97 Å². The Hall–Kier alpha value is -3.62. The maximum Gasteiger partial charge on any atom is 0.359 e. The van der Waals surface area contributed by atoms with Crippen molar-refractivity contribution in [3.8, 4) is 5.75 Å². The molecule has 156 valence electrons. The van der Waals surface area contributed by atoms with E-state index < -0.39 is 5.97 Å². The van der Waals surface area contributed by atoms with Gasteiger partial charge in [-0.1, -0.05) is 12.1 Å². The van der Waals surface area contributed by atoms with Crippen LogP contribution in [0.4, 0.5) is 0 Å². The molecule has 1 N–H and O–H groups in total. The van der Waals surface area contributed by atoms with Crippen molar-refractivity contribution in [3.63, 3.8) is 0 Å². The number of rotatable bonds is 6. The molecule has 0 radical (unpaired) electrons. The van der Waals surface area contributed by atoms with Crippen molar-refractivity contribution in [2.24, 2.45) is 0 Å². The monoisotopic (exact) mass is 409 g/mol. The maximum absolute atomic E-state index is 12.7. The first-order chi connectivity index (χ1) is 14.6. The van der Waals surface area contributed by atoms with E-state index in [2.05, 4.69) is 15.3 Å². The summed E-state index contributed by atoms with van der Waals surface area (Å²) in [7, 11) is 1.63. The van der Waals surface area contributed by atoms with Gasteiger partial charge in [0.1, 0.15) is 5.75 Å². The molecule has 0 spiro atoms. The van der Waals surface area contributed by atoms with Crippen molar-refractivity contribution in [3.05, 3.63) is 64.7 Å². The molecule has 0 fully saturated rings. The molecule has 2 aromatic heterocycles. The van der Waals surface area contributed by atoms with E-state index in [9.17, 15) is 9.59 Å². The largest absolute Gasteiger partial charge is 0.497 e. The van der Waals surface area contributed by atoms with E-state index in [-0.39, 0.29) is 18.2 Å². The Labute approximate surface area is 173 Å². The van der Waals surface area contributed by atoms with Crippen molar-refractivity contribution in [1.82, 2.24) is 24.9 Å². The molecular formula is C21H23N5O4. The molecule has 9 nitrogen and oxygen atoms in total. The van der Waals surface area contributed by atoms with E-state index in [0.717, 1.165) is 22.6 Å². The van der Waals surface area contributed by atoms with Crippen LogP contribution in [-0.2, 0) is 24.2 Å². The van der Waals surface area contributed by atoms with Gasteiger partial charge in [-0.25, -0.2) is 4.79 Å². The predicted octanol–water partition coefficient (Wildman–Crippen LogP) is 2.04. The standard InChI is InChI=1S/C21H23N5O4/c1-3-30-21(28)19-17-13-25(20(27)15-10-22-23-11-15)9-8-18(17)26(24-19)12-14-4-6-16(29-2)7-5-14/h4-7,10-11H,3,8-9,12-13H2,1-2H3,(H,22,23). The zero-order chi connectivity index (χ0) is 21.1. The Bertz CT molecular complexity index is 1040. The van der Waals surface area contributed by atoms with E-state index in [4.69, 9.17) is 9.47 Å². The van der Waals surface area contributed by atoms with Crippen LogP contribution in [0.5, 0.6) is 5.75 Å². The number of fused-ring (bicyclic) bond motifs is 1. The molecule has 0 unspecified atom stereocenters. The lowest BCUT2D eigenvalue weighted by molar-refractivity contribution is 0.0513. The minimum atomic E-state index is -0.472. The van der Waals surface area contributed by atoms with Gasteiger partial charge in [0.15, 0.2) is 5.69 Å². The molecule has 3 aromatic rings. The van der Waals surface area contributed by atoms with Gasteiger partial charge in [0, 0.05) is 30.4 Å². The molecule has 1 aliphatic rings. The van der Waals surface area contributed by atoms with Crippen molar-refractivity contribution >= 4 is 11.9 Å². The molecule has 0 bridgehead atoms. The van der Waals surface area contributed by atoms with Gasteiger partial charge in [-0.15, -0.1) is 0 Å². The van der Waals surface area contributed by atoms with E-state index in [0.29, 0.717) is 31.6 Å². The van der Waals surface area contributed by atoms with Crippen LogP contribution >= 0.6 is 0 Å². The summed E-state index contributed by atoms with van der Waals surface area (Å²) in [6, 6.07) is 7.72. The number of hydrogen-bond donors (Lipinski definition) is 1. The number of aromatic amines is 1. The molecule has 0 saturated heterocycles. The van der Waals surface area contributed by atoms with Crippen molar-refractivity contribution in [2.45, 2.75) is 26.4 Å². The van der Waals surface area contributed by atoms with E-state index in [1.807, 2.05) is 28.9 Å². The number of nitrogens with zero attached hydrogens (tertiary/aromatic N) is 4. The highest BCUT2D eigenvalue weighted by Crippen LogP contribution is 2.25. The number of carbonyl (C=O) groups is 2. The van der Waals surface area contributed by atoms with Gasteiger partial charge in [-0.05, 0) is 24.6 Å². The molecule has 3 heterocycles. The SMILES string of the molecule is CCOC(=O)c1nn(Cc2ccc(OC)cc2)c2c1CN(C(=O)c1cn[nH]c1)CC2. The molecule has 0 aliphatic carbocycles. The molecule has 1 aliphatic heterocycles. The molecule has 0 atom stereocenters. The lowest BCUT2D eigenvalue weighted by atomic mass is 10.0. The highest BCUT2D eigenvalue weighted by molar-refractivity contribution is 5.94. The van der Waals surface area contributed by atoms with Crippen LogP contribution in [0.2, 0.25) is 0 Å². The Balaban J connectivity index is 1.64. The zero-order valence-corrected chi connectivity index (χ0v) is 16.9.